The van der Waals surface area contributed by atoms with E-state index in [0.29, 0.717) is 12.3 Å². The van der Waals surface area contributed by atoms with Gasteiger partial charge in [0.1, 0.15) is 11.5 Å². The fourth-order valence-corrected chi connectivity index (χ4v) is 2.68. The SMILES string of the molecule is COc1ccc(C(C)NCC2(O)CCCC2)c(O)c1. The first kappa shape index (κ1) is 14.2. The maximum absolute atomic E-state index is 10.3. The Morgan fingerprint density at radius 2 is 2.05 bits per heavy atom. The number of aromatic hydroxyl groups is 1. The van der Waals surface area contributed by atoms with Crippen molar-refractivity contribution in [2.45, 2.75) is 44.2 Å². The van der Waals surface area contributed by atoms with Gasteiger partial charge in [0.15, 0.2) is 0 Å². The van der Waals surface area contributed by atoms with E-state index in [1.165, 1.54) is 0 Å². The Labute approximate surface area is 114 Å². The van der Waals surface area contributed by atoms with Crippen LogP contribution >= 0.6 is 0 Å². The van der Waals surface area contributed by atoms with Crippen molar-refractivity contribution in [2.75, 3.05) is 13.7 Å². The summed E-state index contributed by atoms with van der Waals surface area (Å²) in [5, 5.41) is 23.6. The third-order valence-corrected chi connectivity index (χ3v) is 3.98. The molecule has 0 radical (unpaired) electrons. The predicted molar refractivity (Wildman–Crippen MR) is 74.5 cm³/mol. The average molecular weight is 265 g/mol. The van der Waals surface area contributed by atoms with E-state index < -0.39 is 5.60 Å². The molecule has 0 saturated heterocycles. The smallest absolute Gasteiger partial charge is 0.124 e. The van der Waals surface area contributed by atoms with Crippen LogP contribution in [0.1, 0.15) is 44.2 Å². The van der Waals surface area contributed by atoms with E-state index in [9.17, 15) is 10.2 Å². The Bertz CT molecular complexity index is 427. The molecule has 3 N–H and O–H groups in total. The summed E-state index contributed by atoms with van der Waals surface area (Å²) in [5.74, 6) is 0.862. The highest BCUT2D eigenvalue weighted by atomic mass is 16.5. The van der Waals surface area contributed by atoms with Crippen molar-refractivity contribution in [3.8, 4) is 11.5 Å². The van der Waals surface area contributed by atoms with E-state index >= 15 is 0 Å². The van der Waals surface area contributed by atoms with Crippen LogP contribution < -0.4 is 10.1 Å². The van der Waals surface area contributed by atoms with Crippen molar-refractivity contribution in [1.82, 2.24) is 5.32 Å². The van der Waals surface area contributed by atoms with Crippen LogP contribution in [0, 0.1) is 0 Å². The first-order chi connectivity index (χ1) is 9.04. The zero-order valence-corrected chi connectivity index (χ0v) is 11.6. The van der Waals surface area contributed by atoms with Crippen LogP contribution in [0.25, 0.3) is 0 Å². The number of rotatable bonds is 5. The van der Waals surface area contributed by atoms with Gasteiger partial charge >= 0.3 is 0 Å². The molecular formula is C15H23NO3. The molecule has 1 aromatic rings. The topological polar surface area (TPSA) is 61.7 Å². The van der Waals surface area contributed by atoms with E-state index in [0.717, 1.165) is 31.2 Å². The lowest BCUT2D eigenvalue weighted by Crippen LogP contribution is -2.39. The number of nitrogens with one attached hydrogen (secondary N) is 1. The molecule has 0 bridgehead atoms. The van der Waals surface area contributed by atoms with Crippen LogP contribution in [0.2, 0.25) is 0 Å². The predicted octanol–water partition coefficient (Wildman–Crippen LogP) is 2.36. The lowest BCUT2D eigenvalue weighted by molar-refractivity contribution is 0.0452. The molecule has 1 aromatic carbocycles. The van der Waals surface area contributed by atoms with Gasteiger partial charge < -0.3 is 20.3 Å². The second-order valence-electron chi connectivity index (χ2n) is 5.46. The summed E-state index contributed by atoms with van der Waals surface area (Å²) < 4.78 is 5.07. The van der Waals surface area contributed by atoms with Crippen molar-refractivity contribution in [3.63, 3.8) is 0 Å². The lowest BCUT2D eigenvalue weighted by atomic mass is 10.0. The van der Waals surface area contributed by atoms with Gasteiger partial charge in [-0.05, 0) is 25.8 Å². The van der Waals surface area contributed by atoms with Gasteiger partial charge in [-0.2, -0.15) is 0 Å². The third kappa shape index (κ3) is 3.39. The van der Waals surface area contributed by atoms with E-state index in [4.69, 9.17) is 4.74 Å². The molecule has 19 heavy (non-hydrogen) atoms. The van der Waals surface area contributed by atoms with E-state index in [-0.39, 0.29) is 11.8 Å². The average Bonchev–Trinajstić information content (AvgIpc) is 2.83. The molecule has 4 heteroatoms. The number of hydrogen-bond donors (Lipinski definition) is 3. The molecule has 0 amide bonds. The van der Waals surface area contributed by atoms with Gasteiger partial charge in [0.05, 0.1) is 12.7 Å². The standard InChI is InChI=1S/C15H23NO3/c1-11(16-10-15(18)7-3-4-8-15)13-6-5-12(19-2)9-14(13)17/h5-6,9,11,16-18H,3-4,7-8,10H2,1-2H3. The highest BCUT2D eigenvalue weighted by Gasteiger charge is 2.31. The van der Waals surface area contributed by atoms with E-state index in [2.05, 4.69) is 5.32 Å². The van der Waals surface area contributed by atoms with Gasteiger partial charge in [0, 0.05) is 24.2 Å². The molecule has 0 spiro atoms. The normalized spacial score (nSPS) is 19.3. The third-order valence-electron chi connectivity index (χ3n) is 3.98. The van der Waals surface area contributed by atoms with Crippen molar-refractivity contribution < 1.29 is 14.9 Å². The Balaban J connectivity index is 1.97. The van der Waals surface area contributed by atoms with E-state index in [1.807, 2.05) is 19.1 Å². The van der Waals surface area contributed by atoms with E-state index in [1.54, 1.807) is 13.2 Å². The molecule has 1 aliphatic rings. The van der Waals surface area contributed by atoms with Gasteiger partial charge in [-0.25, -0.2) is 0 Å². The molecule has 1 aliphatic carbocycles. The van der Waals surface area contributed by atoms with Crippen LogP contribution in [0.15, 0.2) is 18.2 Å². The van der Waals surface area contributed by atoms with Crippen LogP contribution in [0.3, 0.4) is 0 Å². The number of ether oxygens (including phenoxy) is 1. The summed E-state index contributed by atoms with van der Waals surface area (Å²) in [6, 6.07) is 5.29. The Morgan fingerprint density at radius 1 is 1.37 bits per heavy atom. The molecule has 1 unspecified atom stereocenters. The van der Waals surface area contributed by atoms with Crippen molar-refractivity contribution in [3.05, 3.63) is 23.8 Å². The van der Waals surface area contributed by atoms with Gasteiger partial charge in [-0.1, -0.05) is 18.9 Å². The maximum atomic E-state index is 10.3. The molecule has 0 aliphatic heterocycles. The molecule has 0 heterocycles. The summed E-state index contributed by atoms with van der Waals surface area (Å²) in [4.78, 5) is 0. The quantitative estimate of drug-likeness (QED) is 0.765. The van der Waals surface area contributed by atoms with Crippen molar-refractivity contribution in [1.29, 1.82) is 0 Å². The summed E-state index contributed by atoms with van der Waals surface area (Å²) in [7, 11) is 1.58. The first-order valence-electron chi connectivity index (χ1n) is 6.87. The summed E-state index contributed by atoms with van der Waals surface area (Å²) in [6.45, 7) is 2.56. The Hall–Kier alpha value is -1.26. The molecule has 106 valence electrons. The van der Waals surface area contributed by atoms with Crippen LogP contribution in [-0.4, -0.2) is 29.5 Å². The zero-order valence-electron chi connectivity index (χ0n) is 11.6. The van der Waals surface area contributed by atoms with Gasteiger partial charge in [0.25, 0.3) is 0 Å². The number of methoxy groups -OCH3 is 1. The fourth-order valence-electron chi connectivity index (χ4n) is 2.68. The minimum absolute atomic E-state index is 0.00414. The highest BCUT2D eigenvalue weighted by Crippen LogP contribution is 2.31. The molecule has 1 saturated carbocycles. The summed E-state index contributed by atoms with van der Waals surface area (Å²) >= 11 is 0. The highest BCUT2D eigenvalue weighted by molar-refractivity contribution is 5.41. The first-order valence-corrected chi connectivity index (χ1v) is 6.87. The van der Waals surface area contributed by atoms with Crippen LogP contribution in [0.4, 0.5) is 0 Å². The fraction of sp³-hybridized carbons (Fsp3) is 0.600. The number of phenols is 1. The minimum Gasteiger partial charge on any atom is -0.507 e. The molecule has 1 atom stereocenters. The maximum Gasteiger partial charge on any atom is 0.124 e. The number of aliphatic hydroxyl groups is 1. The lowest BCUT2D eigenvalue weighted by Gasteiger charge is -2.25. The van der Waals surface area contributed by atoms with Gasteiger partial charge in [-0.15, -0.1) is 0 Å². The zero-order chi connectivity index (χ0) is 13.9. The summed E-state index contributed by atoms with van der Waals surface area (Å²) in [6.07, 6.45) is 3.92. The molecule has 4 nitrogen and oxygen atoms in total. The largest absolute Gasteiger partial charge is 0.507 e. The van der Waals surface area contributed by atoms with Gasteiger partial charge in [0.2, 0.25) is 0 Å². The summed E-state index contributed by atoms with van der Waals surface area (Å²) in [5.41, 5.74) is 0.249. The number of hydrogen-bond acceptors (Lipinski definition) is 4. The molecule has 1 fully saturated rings. The second kappa shape index (κ2) is 5.80. The van der Waals surface area contributed by atoms with Crippen molar-refractivity contribution >= 4 is 0 Å². The molecule has 2 rings (SSSR count). The van der Waals surface area contributed by atoms with Gasteiger partial charge in [-0.3, -0.25) is 0 Å². The second-order valence-corrected chi connectivity index (χ2v) is 5.46. The van der Waals surface area contributed by atoms with Crippen LogP contribution in [0.5, 0.6) is 11.5 Å². The van der Waals surface area contributed by atoms with Crippen LogP contribution in [-0.2, 0) is 0 Å². The number of benzene rings is 1. The number of phenolic OH excluding ortho intramolecular Hbond substituents is 1. The minimum atomic E-state index is -0.573. The van der Waals surface area contributed by atoms with Crippen molar-refractivity contribution in [2.24, 2.45) is 0 Å². The Kier molecular flexibility index (Phi) is 4.32. The molecule has 0 aromatic heterocycles. The Morgan fingerprint density at radius 3 is 2.63 bits per heavy atom. The molecular weight excluding hydrogens is 242 g/mol. The monoisotopic (exact) mass is 265 g/mol.